The van der Waals surface area contributed by atoms with Crippen LogP contribution >= 0.6 is 0 Å². The smallest absolute Gasteiger partial charge is 0.111 e. The van der Waals surface area contributed by atoms with Crippen molar-refractivity contribution < 1.29 is 5.11 Å². The minimum atomic E-state index is -0.404. The second kappa shape index (κ2) is 5.38. The Kier molecular flexibility index (Phi) is 3.43. The topological polar surface area (TPSA) is 63.8 Å². The zero-order valence-electron chi connectivity index (χ0n) is 11.3. The molecule has 102 valence electrons. The van der Waals surface area contributed by atoms with Gasteiger partial charge in [-0.05, 0) is 19.1 Å². The predicted molar refractivity (Wildman–Crippen MR) is 76.3 cm³/mol. The Morgan fingerprint density at radius 3 is 2.80 bits per heavy atom. The average molecular weight is 268 g/mol. The monoisotopic (exact) mass is 268 g/mol. The molecule has 0 fully saturated rings. The van der Waals surface area contributed by atoms with Crippen molar-refractivity contribution in [1.29, 1.82) is 0 Å². The lowest BCUT2D eigenvalue weighted by Gasteiger charge is -2.09. The molecule has 2 heterocycles. The molecule has 0 radical (unpaired) electrons. The van der Waals surface area contributed by atoms with Crippen LogP contribution in [0.5, 0.6) is 0 Å². The third-order valence-electron chi connectivity index (χ3n) is 3.11. The van der Waals surface area contributed by atoms with Crippen LogP contribution < -0.4 is 0 Å². The van der Waals surface area contributed by atoms with Gasteiger partial charge in [-0.1, -0.05) is 12.1 Å². The standard InChI is InChI=1S/C15H16N4O/c1-11(20)8-15-16-6-7-19(15)10-12-9-17-13-4-2-3-5-14(13)18-12/h2-7,9,11,20H,8,10H2,1H3. The van der Waals surface area contributed by atoms with Gasteiger partial charge in [-0.2, -0.15) is 0 Å². The van der Waals surface area contributed by atoms with Crippen molar-refractivity contribution in [3.63, 3.8) is 0 Å². The molecule has 1 unspecified atom stereocenters. The molecule has 1 atom stereocenters. The van der Waals surface area contributed by atoms with Crippen LogP contribution in [0.4, 0.5) is 0 Å². The lowest BCUT2D eigenvalue weighted by atomic mass is 10.2. The van der Waals surface area contributed by atoms with E-state index < -0.39 is 6.10 Å². The Bertz CT molecular complexity index is 720. The third kappa shape index (κ3) is 2.67. The largest absolute Gasteiger partial charge is 0.393 e. The second-order valence-electron chi connectivity index (χ2n) is 4.87. The number of hydrogen-bond donors (Lipinski definition) is 1. The Hall–Kier alpha value is -2.27. The number of nitrogens with zero attached hydrogens (tertiary/aromatic N) is 4. The van der Waals surface area contributed by atoms with Crippen LogP contribution in [-0.4, -0.2) is 30.7 Å². The SMILES string of the molecule is CC(O)Cc1nccn1Cc1cnc2ccccc2n1. The van der Waals surface area contributed by atoms with Crippen LogP contribution in [0.3, 0.4) is 0 Å². The molecule has 0 aliphatic carbocycles. The molecule has 0 saturated heterocycles. The van der Waals surface area contributed by atoms with Gasteiger partial charge in [0.1, 0.15) is 5.82 Å². The lowest BCUT2D eigenvalue weighted by Crippen LogP contribution is -2.12. The first kappa shape index (κ1) is 12.7. The summed E-state index contributed by atoms with van der Waals surface area (Å²) in [6.45, 7) is 2.37. The Balaban J connectivity index is 1.87. The molecule has 0 saturated carbocycles. The predicted octanol–water partition coefficient (Wildman–Crippen LogP) is 1.80. The van der Waals surface area contributed by atoms with Gasteiger partial charge in [0.2, 0.25) is 0 Å². The zero-order chi connectivity index (χ0) is 13.9. The first-order chi connectivity index (χ1) is 9.72. The maximum atomic E-state index is 9.47. The van der Waals surface area contributed by atoms with E-state index in [4.69, 9.17) is 0 Å². The quantitative estimate of drug-likeness (QED) is 0.783. The average Bonchev–Trinajstić information content (AvgIpc) is 2.85. The first-order valence-corrected chi connectivity index (χ1v) is 6.61. The normalized spacial score (nSPS) is 12.7. The summed E-state index contributed by atoms with van der Waals surface area (Å²) in [6.07, 6.45) is 5.56. The van der Waals surface area contributed by atoms with Crippen LogP contribution in [-0.2, 0) is 13.0 Å². The Morgan fingerprint density at radius 1 is 1.20 bits per heavy atom. The van der Waals surface area contributed by atoms with Crippen LogP contribution in [0.25, 0.3) is 11.0 Å². The maximum Gasteiger partial charge on any atom is 0.111 e. The van der Waals surface area contributed by atoms with E-state index >= 15 is 0 Å². The van der Waals surface area contributed by atoms with Crippen LogP contribution in [0.1, 0.15) is 18.4 Å². The maximum absolute atomic E-state index is 9.47. The van der Waals surface area contributed by atoms with Crippen molar-refractivity contribution in [2.24, 2.45) is 0 Å². The van der Waals surface area contributed by atoms with Gasteiger partial charge in [0.25, 0.3) is 0 Å². The van der Waals surface area contributed by atoms with Gasteiger partial charge in [0, 0.05) is 18.8 Å². The molecular formula is C15H16N4O. The lowest BCUT2D eigenvalue weighted by molar-refractivity contribution is 0.191. The number of fused-ring (bicyclic) bond motifs is 1. The van der Waals surface area contributed by atoms with E-state index in [0.717, 1.165) is 22.6 Å². The number of rotatable bonds is 4. The summed E-state index contributed by atoms with van der Waals surface area (Å²) < 4.78 is 1.99. The summed E-state index contributed by atoms with van der Waals surface area (Å²) in [5.41, 5.74) is 2.67. The fraction of sp³-hybridized carbons (Fsp3) is 0.267. The number of aliphatic hydroxyl groups excluding tert-OH is 1. The van der Waals surface area contributed by atoms with Crippen molar-refractivity contribution in [2.45, 2.75) is 26.0 Å². The highest BCUT2D eigenvalue weighted by Gasteiger charge is 2.08. The Morgan fingerprint density at radius 2 is 2.00 bits per heavy atom. The molecule has 1 N–H and O–H groups in total. The summed E-state index contributed by atoms with van der Waals surface area (Å²) in [5, 5.41) is 9.47. The molecule has 3 rings (SSSR count). The highest BCUT2D eigenvalue weighted by Crippen LogP contribution is 2.10. The summed E-state index contributed by atoms with van der Waals surface area (Å²) in [5.74, 6) is 0.856. The van der Waals surface area contributed by atoms with Gasteiger partial charge in [0.05, 0.1) is 35.6 Å². The highest BCUT2D eigenvalue weighted by atomic mass is 16.3. The molecule has 0 aliphatic rings. The van der Waals surface area contributed by atoms with Crippen molar-refractivity contribution >= 4 is 11.0 Å². The number of para-hydroxylation sites is 2. The zero-order valence-corrected chi connectivity index (χ0v) is 11.3. The van der Waals surface area contributed by atoms with Crippen LogP contribution in [0.2, 0.25) is 0 Å². The number of aromatic nitrogens is 4. The van der Waals surface area contributed by atoms with Crippen LogP contribution in [0.15, 0.2) is 42.9 Å². The van der Waals surface area contributed by atoms with Gasteiger partial charge in [-0.3, -0.25) is 4.98 Å². The van der Waals surface area contributed by atoms with E-state index in [-0.39, 0.29) is 0 Å². The molecule has 3 aromatic rings. The van der Waals surface area contributed by atoms with Gasteiger partial charge in [0.15, 0.2) is 0 Å². The minimum Gasteiger partial charge on any atom is -0.393 e. The first-order valence-electron chi connectivity index (χ1n) is 6.61. The van der Waals surface area contributed by atoms with E-state index in [1.165, 1.54) is 0 Å². The summed E-state index contributed by atoms with van der Waals surface area (Å²) in [7, 11) is 0. The Labute approximate surface area is 117 Å². The fourth-order valence-electron chi connectivity index (χ4n) is 2.18. The van der Waals surface area contributed by atoms with Gasteiger partial charge >= 0.3 is 0 Å². The third-order valence-corrected chi connectivity index (χ3v) is 3.11. The van der Waals surface area contributed by atoms with Crippen molar-refractivity contribution in [3.8, 4) is 0 Å². The van der Waals surface area contributed by atoms with Crippen molar-refractivity contribution in [2.75, 3.05) is 0 Å². The molecule has 2 aromatic heterocycles. The van der Waals surface area contributed by atoms with Crippen molar-refractivity contribution in [1.82, 2.24) is 19.5 Å². The highest BCUT2D eigenvalue weighted by molar-refractivity contribution is 5.73. The number of hydrogen-bond acceptors (Lipinski definition) is 4. The second-order valence-corrected chi connectivity index (χ2v) is 4.87. The molecule has 20 heavy (non-hydrogen) atoms. The molecule has 0 aliphatic heterocycles. The number of imidazole rings is 1. The molecule has 5 heteroatoms. The summed E-state index contributed by atoms with van der Waals surface area (Å²) in [4.78, 5) is 13.3. The fourth-order valence-corrected chi connectivity index (χ4v) is 2.18. The number of aliphatic hydroxyl groups is 1. The molecular weight excluding hydrogens is 252 g/mol. The van der Waals surface area contributed by atoms with E-state index in [1.807, 2.05) is 35.0 Å². The molecule has 0 bridgehead atoms. The molecule has 0 spiro atoms. The van der Waals surface area contributed by atoms with E-state index in [2.05, 4.69) is 15.0 Å². The van der Waals surface area contributed by atoms with E-state index in [9.17, 15) is 5.11 Å². The van der Waals surface area contributed by atoms with E-state index in [0.29, 0.717) is 13.0 Å². The molecule has 5 nitrogen and oxygen atoms in total. The molecule has 0 amide bonds. The minimum absolute atomic E-state index is 0.404. The van der Waals surface area contributed by atoms with Crippen molar-refractivity contribution in [3.05, 3.63) is 54.4 Å². The van der Waals surface area contributed by atoms with Gasteiger partial charge in [-0.25, -0.2) is 9.97 Å². The van der Waals surface area contributed by atoms with Crippen LogP contribution in [0, 0.1) is 0 Å². The van der Waals surface area contributed by atoms with E-state index in [1.54, 1.807) is 19.3 Å². The number of benzene rings is 1. The molecule has 1 aromatic carbocycles. The van der Waals surface area contributed by atoms with Gasteiger partial charge < -0.3 is 9.67 Å². The van der Waals surface area contributed by atoms with Gasteiger partial charge in [-0.15, -0.1) is 0 Å². The summed E-state index contributed by atoms with van der Waals surface area (Å²) in [6, 6.07) is 7.81. The summed E-state index contributed by atoms with van der Waals surface area (Å²) >= 11 is 0.